The Bertz CT molecular complexity index is 636. The van der Waals surface area contributed by atoms with Crippen molar-refractivity contribution in [3.8, 4) is 0 Å². The van der Waals surface area contributed by atoms with Gasteiger partial charge >= 0.3 is 0 Å². The highest BCUT2D eigenvalue weighted by atomic mass is 35.5. The summed E-state index contributed by atoms with van der Waals surface area (Å²) >= 11 is 6.02. The quantitative estimate of drug-likeness (QED) is 0.892. The van der Waals surface area contributed by atoms with Gasteiger partial charge in [0, 0.05) is 37.1 Å². The molecule has 0 saturated heterocycles. The third-order valence-electron chi connectivity index (χ3n) is 3.12. The van der Waals surface area contributed by atoms with E-state index in [0.29, 0.717) is 23.2 Å². The minimum atomic E-state index is -0.198. The van der Waals surface area contributed by atoms with Gasteiger partial charge in [0.15, 0.2) is 0 Å². The molecule has 112 valence electrons. The lowest BCUT2D eigenvalue weighted by Crippen LogP contribution is -2.18. The Morgan fingerprint density at radius 3 is 2.81 bits per heavy atom. The van der Waals surface area contributed by atoms with Crippen molar-refractivity contribution in [1.29, 1.82) is 0 Å². The number of hydrogen-bond donors (Lipinski definition) is 2. The van der Waals surface area contributed by atoms with E-state index in [-0.39, 0.29) is 5.91 Å². The number of rotatable bonds is 5. The molecule has 1 heterocycles. The van der Waals surface area contributed by atoms with E-state index in [0.717, 1.165) is 11.3 Å². The van der Waals surface area contributed by atoms with Crippen molar-refractivity contribution >= 4 is 23.2 Å². The summed E-state index contributed by atoms with van der Waals surface area (Å²) in [6.07, 6.45) is 3.84. The Morgan fingerprint density at radius 1 is 1.43 bits per heavy atom. The second-order valence-electron chi connectivity index (χ2n) is 5.05. The predicted molar refractivity (Wildman–Crippen MR) is 84.8 cm³/mol. The Balaban J connectivity index is 2.07. The second-order valence-corrected chi connectivity index (χ2v) is 5.46. The molecule has 2 rings (SSSR count). The first-order chi connectivity index (χ1) is 10.0. The molecule has 1 aromatic heterocycles. The lowest BCUT2D eigenvalue weighted by atomic mass is 10.2. The standard InChI is InChI=1S/C15H19ClN4O/c1-10(2)20-9-11(8-19-20)7-18-12-4-5-14(16)13(6-12)15(21)17-3/h4-6,8-10,18H,7H2,1-3H3,(H,17,21). The van der Waals surface area contributed by atoms with E-state index in [9.17, 15) is 4.79 Å². The SMILES string of the molecule is CNC(=O)c1cc(NCc2cnn(C(C)C)c2)ccc1Cl. The predicted octanol–water partition coefficient (Wildman–Crippen LogP) is 3.09. The first-order valence-electron chi connectivity index (χ1n) is 6.79. The maximum Gasteiger partial charge on any atom is 0.252 e. The van der Waals surface area contributed by atoms with Crippen LogP contribution in [0, 0.1) is 0 Å². The number of benzene rings is 1. The van der Waals surface area contributed by atoms with Crippen LogP contribution in [0.4, 0.5) is 5.69 Å². The van der Waals surface area contributed by atoms with Crippen LogP contribution in [-0.4, -0.2) is 22.7 Å². The third kappa shape index (κ3) is 3.76. The molecule has 0 radical (unpaired) electrons. The lowest BCUT2D eigenvalue weighted by Gasteiger charge is -2.08. The van der Waals surface area contributed by atoms with E-state index in [2.05, 4.69) is 29.6 Å². The summed E-state index contributed by atoms with van der Waals surface area (Å²) in [5.41, 5.74) is 2.39. The fourth-order valence-corrected chi connectivity index (χ4v) is 2.10. The van der Waals surface area contributed by atoms with Gasteiger partial charge in [-0.3, -0.25) is 9.48 Å². The number of nitrogens with one attached hydrogen (secondary N) is 2. The molecular formula is C15H19ClN4O. The van der Waals surface area contributed by atoms with Gasteiger partial charge in [-0.1, -0.05) is 11.6 Å². The second kappa shape index (κ2) is 6.63. The van der Waals surface area contributed by atoms with E-state index in [4.69, 9.17) is 11.6 Å². The number of nitrogens with zero attached hydrogens (tertiary/aromatic N) is 2. The number of anilines is 1. The Hall–Kier alpha value is -2.01. The summed E-state index contributed by atoms with van der Waals surface area (Å²) in [7, 11) is 1.58. The van der Waals surface area contributed by atoms with Crippen molar-refractivity contribution in [3.05, 3.63) is 46.7 Å². The fraction of sp³-hybridized carbons (Fsp3) is 0.333. The van der Waals surface area contributed by atoms with Crippen LogP contribution in [0.1, 0.15) is 35.8 Å². The number of aromatic nitrogens is 2. The van der Waals surface area contributed by atoms with Crippen molar-refractivity contribution in [2.45, 2.75) is 26.4 Å². The molecule has 0 saturated carbocycles. The van der Waals surface area contributed by atoms with E-state index in [1.54, 1.807) is 19.2 Å². The van der Waals surface area contributed by atoms with E-state index < -0.39 is 0 Å². The average Bonchev–Trinajstić information content (AvgIpc) is 2.94. The average molecular weight is 307 g/mol. The summed E-state index contributed by atoms with van der Waals surface area (Å²) < 4.78 is 1.91. The van der Waals surface area contributed by atoms with Crippen LogP contribution in [0.25, 0.3) is 0 Å². The molecule has 0 spiro atoms. The normalized spacial score (nSPS) is 10.7. The van der Waals surface area contributed by atoms with Crippen LogP contribution in [0.2, 0.25) is 5.02 Å². The van der Waals surface area contributed by atoms with Crippen LogP contribution in [0.5, 0.6) is 0 Å². The largest absolute Gasteiger partial charge is 0.381 e. The van der Waals surface area contributed by atoms with Gasteiger partial charge in [0.25, 0.3) is 5.91 Å². The van der Waals surface area contributed by atoms with Gasteiger partial charge in [-0.15, -0.1) is 0 Å². The maximum absolute atomic E-state index is 11.7. The summed E-state index contributed by atoms with van der Waals surface area (Å²) in [5, 5.41) is 10.6. The zero-order chi connectivity index (χ0) is 15.4. The fourth-order valence-electron chi connectivity index (χ4n) is 1.90. The lowest BCUT2D eigenvalue weighted by molar-refractivity contribution is 0.0963. The van der Waals surface area contributed by atoms with Gasteiger partial charge in [-0.25, -0.2) is 0 Å². The zero-order valence-corrected chi connectivity index (χ0v) is 13.1. The zero-order valence-electron chi connectivity index (χ0n) is 12.4. The molecule has 0 atom stereocenters. The van der Waals surface area contributed by atoms with Crippen molar-refractivity contribution < 1.29 is 4.79 Å². The Kier molecular flexibility index (Phi) is 4.85. The van der Waals surface area contributed by atoms with Gasteiger partial charge in [-0.05, 0) is 32.0 Å². The molecular weight excluding hydrogens is 288 g/mol. The highest BCUT2D eigenvalue weighted by molar-refractivity contribution is 6.34. The third-order valence-corrected chi connectivity index (χ3v) is 3.45. The minimum absolute atomic E-state index is 0.198. The molecule has 0 aliphatic carbocycles. The molecule has 6 heteroatoms. The summed E-state index contributed by atoms with van der Waals surface area (Å²) in [6.45, 7) is 4.81. The van der Waals surface area contributed by atoms with Crippen LogP contribution in [0.15, 0.2) is 30.6 Å². The number of halogens is 1. The summed E-state index contributed by atoms with van der Waals surface area (Å²) in [5.74, 6) is -0.198. The molecule has 2 aromatic rings. The molecule has 1 aromatic carbocycles. The summed E-state index contributed by atoms with van der Waals surface area (Å²) in [4.78, 5) is 11.7. The van der Waals surface area contributed by atoms with Gasteiger partial charge in [0.2, 0.25) is 0 Å². The number of hydrogen-bond acceptors (Lipinski definition) is 3. The van der Waals surface area contributed by atoms with Crippen molar-refractivity contribution in [2.24, 2.45) is 0 Å². The minimum Gasteiger partial charge on any atom is -0.381 e. The van der Waals surface area contributed by atoms with Crippen LogP contribution in [0.3, 0.4) is 0 Å². The number of carbonyl (C=O) groups is 1. The van der Waals surface area contributed by atoms with Crippen molar-refractivity contribution in [2.75, 3.05) is 12.4 Å². The van der Waals surface area contributed by atoms with E-state index in [1.165, 1.54) is 0 Å². The molecule has 0 bridgehead atoms. The first kappa shape index (κ1) is 15.4. The highest BCUT2D eigenvalue weighted by Gasteiger charge is 2.09. The molecule has 1 amide bonds. The molecule has 0 aliphatic rings. The molecule has 2 N–H and O–H groups in total. The van der Waals surface area contributed by atoms with Crippen molar-refractivity contribution in [1.82, 2.24) is 15.1 Å². The van der Waals surface area contributed by atoms with Gasteiger partial charge in [0.1, 0.15) is 0 Å². The van der Waals surface area contributed by atoms with Gasteiger partial charge in [-0.2, -0.15) is 5.10 Å². The monoisotopic (exact) mass is 306 g/mol. The number of amides is 1. The van der Waals surface area contributed by atoms with E-state index in [1.807, 2.05) is 23.1 Å². The molecule has 0 aliphatic heterocycles. The smallest absolute Gasteiger partial charge is 0.252 e. The Morgan fingerprint density at radius 2 is 2.19 bits per heavy atom. The van der Waals surface area contributed by atoms with Gasteiger partial charge in [0.05, 0.1) is 16.8 Å². The topological polar surface area (TPSA) is 59.0 Å². The highest BCUT2D eigenvalue weighted by Crippen LogP contribution is 2.21. The number of carbonyl (C=O) groups excluding carboxylic acids is 1. The molecule has 21 heavy (non-hydrogen) atoms. The molecule has 5 nitrogen and oxygen atoms in total. The molecule has 0 fully saturated rings. The molecule has 0 unspecified atom stereocenters. The van der Waals surface area contributed by atoms with Crippen LogP contribution >= 0.6 is 11.6 Å². The first-order valence-corrected chi connectivity index (χ1v) is 7.17. The summed E-state index contributed by atoms with van der Waals surface area (Å²) in [6, 6.07) is 5.65. The van der Waals surface area contributed by atoms with Crippen LogP contribution in [-0.2, 0) is 6.54 Å². The van der Waals surface area contributed by atoms with Crippen LogP contribution < -0.4 is 10.6 Å². The maximum atomic E-state index is 11.7. The van der Waals surface area contributed by atoms with Crippen molar-refractivity contribution in [3.63, 3.8) is 0 Å². The Labute approximate surface area is 129 Å². The van der Waals surface area contributed by atoms with Gasteiger partial charge < -0.3 is 10.6 Å². The van der Waals surface area contributed by atoms with E-state index >= 15 is 0 Å².